The third-order valence-corrected chi connectivity index (χ3v) is 1.49. The zero-order valence-corrected chi connectivity index (χ0v) is 7.13. The molecule has 0 aromatic heterocycles. The van der Waals surface area contributed by atoms with Crippen molar-refractivity contribution in [3.05, 3.63) is 0 Å². The Kier molecular flexibility index (Phi) is 5.78. The summed E-state index contributed by atoms with van der Waals surface area (Å²) in [6.45, 7) is 4.74. The second-order valence-corrected chi connectivity index (χ2v) is 2.47. The lowest BCUT2D eigenvalue weighted by Gasteiger charge is -2.12. The van der Waals surface area contributed by atoms with E-state index in [9.17, 15) is 4.79 Å². The summed E-state index contributed by atoms with van der Waals surface area (Å²) in [6, 6.07) is 0. The summed E-state index contributed by atoms with van der Waals surface area (Å²) >= 11 is 0. The summed E-state index contributed by atoms with van der Waals surface area (Å²) in [5, 5.41) is 11.1. The summed E-state index contributed by atoms with van der Waals surface area (Å²) in [5.41, 5.74) is 0. The zero-order valence-electron chi connectivity index (χ0n) is 7.13. The molecule has 0 aliphatic heterocycles. The molecule has 0 saturated heterocycles. The molecule has 0 amide bonds. The van der Waals surface area contributed by atoms with Crippen LogP contribution in [0, 0.1) is 0 Å². The fourth-order valence-corrected chi connectivity index (χ4v) is 0.623. The standard InChI is InChI=1S/C7H16N2O2/c1-3-9(2)5-4-8-6-7(10)11/h8H,3-6H2,1-2H3,(H,10,11). The normalized spacial score (nSPS) is 10.5. The minimum absolute atomic E-state index is 0.0531. The maximum Gasteiger partial charge on any atom is 0.317 e. The number of rotatable bonds is 6. The van der Waals surface area contributed by atoms with Crippen molar-refractivity contribution in [1.82, 2.24) is 10.2 Å². The number of likely N-dealkylation sites (N-methyl/N-ethyl adjacent to an activating group) is 1. The summed E-state index contributed by atoms with van der Waals surface area (Å²) in [4.78, 5) is 12.2. The minimum Gasteiger partial charge on any atom is -0.480 e. The van der Waals surface area contributed by atoms with Crippen LogP contribution in [0.4, 0.5) is 0 Å². The molecule has 2 N–H and O–H groups in total. The van der Waals surface area contributed by atoms with Gasteiger partial charge in [-0.25, -0.2) is 0 Å². The van der Waals surface area contributed by atoms with Crippen molar-refractivity contribution in [2.24, 2.45) is 0 Å². The molecule has 4 nitrogen and oxygen atoms in total. The molecule has 0 bridgehead atoms. The van der Waals surface area contributed by atoms with Gasteiger partial charge in [0.25, 0.3) is 0 Å². The van der Waals surface area contributed by atoms with E-state index in [-0.39, 0.29) is 6.54 Å². The molecule has 11 heavy (non-hydrogen) atoms. The topological polar surface area (TPSA) is 52.6 Å². The summed E-state index contributed by atoms with van der Waals surface area (Å²) in [5.74, 6) is -0.802. The SMILES string of the molecule is CCN(C)CCNCC(=O)O. The molecule has 0 fully saturated rings. The van der Waals surface area contributed by atoms with Crippen LogP contribution in [-0.4, -0.2) is 49.2 Å². The Morgan fingerprint density at radius 3 is 2.73 bits per heavy atom. The summed E-state index contributed by atoms with van der Waals surface area (Å²) < 4.78 is 0. The van der Waals surface area contributed by atoms with Crippen LogP contribution >= 0.6 is 0 Å². The van der Waals surface area contributed by atoms with E-state index in [0.717, 1.165) is 19.6 Å². The van der Waals surface area contributed by atoms with Crippen LogP contribution in [0.5, 0.6) is 0 Å². The van der Waals surface area contributed by atoms with Gasteiger partial charge >= 0.3 is 5.97 Å². The van der Waals surface area contributed by atoms with Gasteiger partial charge in [-0.2, -0.15) is 0 Å². The number of hydrogen-bond donors (Lipinski definition) is 2. The summed E-state index contributed by atoms with van der Waals surface area (Å²) in [7, 11) is 2.00. The minimum atomic E-state index is -0.802. The highest BCUT2D eigenvalue weighted by molar-refractivity contribution is 5.68. The molecule has 0 atom stereocenters. The molecule has 0 unspecified atom stereocenters. The number of aliphatic carboxylic acids is 1. The van der Waals surface area contributed by atoms with Gasteiger partial charge < -0.3 is 15.3 Å². The zero-order chi connectivity index (χ0) is 8.69. The lowest BCUT2D eigenvalue weighted by molar-refractivity contribution is -0.135. The predicted molar refractivity (Wildman–Crippen MR) is 43.7 cm³/mol. The van der Waals surface area contributed by atoms with Crippen LogP contribution in [0.3, 0.4) is 0 Å². The first kappa shape index (κ1) is 10.4. The number of carboxylic acid groups (broad SMARTS) is 1. The second-order valence-electron chi connectivity index (χ2n) is 2.47. The first-order chi connectivity index (χ1) is 5.16. The van der Waals surface area contributed by atoms with Gasteiger partial charge in [0.15, 0.2) is 0 Å². The molecule has 66 valence electrons. The Labute approximate surface area is 67.2 Å². The molecule has 0 aromatic rings. The summed E-state index contributed by atoms with van der Waals surface area (Å²) in [6.07, 6.45) is 0. The van der Waals surface area contributed by atoms with Crippen LogP contribution in [0.2, 0.25) is 0 Å². The van der Waals surface area contributed by atoms with Gasteiger partial charge in [0.1, 0.15) is 0 Å². The van der Waals surface area contributed by atoms with Crippen molar-refractivity contribution in [3.8, 4) is 0 Å². The van der Waals surface area contributed by atoms with E-state index < -0.39 is 5.97 Å². The maximum atomic E-state index is 10.0. The molecule has 0 radical (unpaired) electrons. The average molecular weight is 160 g/mol. The molecule has 0 rings (SSSR count). The van der Waals surface area contributed by atoms with Crippen molar-refractivity contribution in [3.63, 3.8) is 0 Å². The number of nitrogens with zero attached hydrogens (tertiary/aromatic N) is 1. The number of carboxylic acids is 1. The van der Waals surface area contributed by atoms with Crippen molar-refractivity contribution in [1.29, 1.82) is 0 Å². The molecular formula is C7H16N2O2. The van der Waals surface area contributed by atoms with E-state index in [4.69, 9.17) is 5.11 Å². The quantitative estimate of drug-likeness (QED) is 0.520. The Hall–Kier alpha value is -0.610. The van der Waals surface area contributed by atoms with Gasteiger partial charge in [-0.3, -0.25) is 4.79 Å². The number of hydrogen-bond acceptors (Lipinski definition) is 3. The Morgan fingerprint density at radius 2 is 2.27 bits per heavy atom. The maximum absolute atomic E-state index is 10.0. The van der Waals surface area contributed by atoms with E-state index in [1.54, 1.807) is 0 Å². The molecule has 4 heteroatoms. The first-order valence-corrected chi connectivity index (χ1v) is 3.78. The highest BCUT2D eigenvalue weighted by Crippen LogP contribution is 1.76. The lowest BCUT2D eigenvalue weighted by atomic mass is 10.5. The Morgan fingerprint density at radius 1 is 1.64 bits per heavy atom. The van der Waals surface area contributed by atoms with E-state index in [1.807, 2.05) is 7.05 Å². The van der Waals surface area contributed by atoms with Crippen molar-refractivity contribution >= 4 is 5.97 Å². The Bertz CT molecular complexity index is 117. The lowest BCUT2D eigenvalue weighted by Crippen LogP contribution is -2.31. The second kappa shape index (κ2) is 6.12. The van der Waals surface area contributed by atoms with Gasteiger partial charge in [-0.1, -0.05) is 6.92 Å². The molecule has 0 spiro atoms. The van der Waals surface area contributed by atoms with Gasteiger partial charge in [-0.05, 0) is 13.6 Å². The Balaban J connectivity index is 3.08. The number of nitrogens with one attached hydrogen (secondary N) is 1. The van der Waals surface area contributed by atoms with Crippen LogP contribution in [0.1, 0.15) is 6.92 Å². The average Bonchev–Trinajstić information content (AvgIpc) is 1.97. The molecule has 0 aliphatic rings. The number of carbonyl (C=O) groups is 1. The highest BCUT2D eigenvalue weighted by Gasteiger charge is 1.96. The third-order valence-electron chi connectivity index (χ3n) is 1.49. The fourth-order valence-electron chi connectivity index (χ4n) is 0.623. The van der Waals surface area contributed by atoms with Gasteiger partial charge in [0.05, 0.1) is 6.54 Å². The highest BCUT2D eigenvalue weighted by atomic mass is 16.4. The van der Waals surface area contributed by atoms with Gasteiger partial charge in [0.2, 0.25) is 0 Å². The first-order valence-electron chi connectivity index (χ1n) is 3.78. The van der Waals surface area contributed by atoms with Crippen molar-refractivity contribution in [2.75, 3.05) is 33.2 Å². The monoisotopic (exact) mass is 160 g/mol. The predicted octanol–water partition coefficient (Wildman–Crippen LogP) is -0.388. The van der Waals surface area contributed by atoms with Crippen molar-refractivity contribution < 1.29 is 9.90 Å². The fraction of sp³-hybridized carbons (Fsp3) is 0.857. The molecule has 0 saturated carbocycles. The van der Waals surface area contributed by atoms with Crippen LogP contribution in [0.25, 0.3) is 0 Å². The van der Waals surface area contributed by atoms with Crippen molar-refractivity contribution in [2.45, 2.75) is 6.92 Å². The molecule has 0 aromatic carbocycles. The van der Waals surface area contributed by atoms with Crippen LogP contribution in [0.15, 0.2) is 0 Å². The van der Waals surface area contributed by atoms with Gasteiger partial charge in [0, 0.05) is 13.1 Å². The molecule has 0 heterocycles. The molecular weight excluding hydrogens is 144 g/mol. The van der Waals surface area contributed by atoms with E-state index >= 15 is 0 Å². The molecule has 0 aliphatic carbocycles. The smallest absolute Gasteiger partial charge is 0.317 e. The third kappa shape index (κ3) is 7.29. The largest absolute Gasteiger partial charge is 0.480 e. The van der Waals surface area contributed by atoms with Crippen LogP contribution in [-0.2, 0) is 4.79 Å². The van der Waals surface area contributed by atoms with Gasteiger partial charge in [-0.15, -0.1) is 0 Å². The van der Waals surface area contributed by atoms with E-state index in [2.05, 4.69) is 17.1 Å². The van der Waals surface area contributed by atoms with E-state index in [1.165, 1.54) is 0 Å². The van der Waals surface area contributed by atoms with E-state index in [0.29, 0.717) is 0 Å². The van der Waals surface area contributed by atoms with Crippen LogP contribution < -0.4 is 5.32 Å².